The van der Waals surface area contributed by atoms with Crippen LogP contribution in [0.1, 0.15) is 16.7 Å². The van der Waals surface area contributed by atoms with E-state index in [-0.39, 0.29) is 23.0 Å². The summed E-state index contributed by atoms with van der Waals surface area (Å²) in [7, 11) is 1.34. The van der Waals surface area contributed by atoms with Crippen molar-refractivity contribution in [2.24, 2.45) is 0 Å². The average Bonchev–Trinajstić information content (AvgIpc) is 3.47. The van der Waals surface area contributed by atoms with Crippen molar-refractivity contribution < 1.29 is 88.4 Å². The van der Waals surface area contributed by atoms with Crippen molar-refractivity contribution in [3.05, 3.63) is 102 Å². The summed E-state index contributed by atoms with van der Waals surface area (Å²) in [5.41, 5.74) is 1.39. The molecule has 9 atom stereocenters. The largest absolute Gasteiger partial charge is 0.508 e. The van der Waals surface area contributed by atoms with Gasteiger partial charge in [0.05, 0.1) is 13.7 Å². The molecular weight excluding hydrogens is 768 g/mol. The molecule has 3 aromatic carbocycles. The molecule has 5 rings (SSSR count). The van der Waals surface area contributed by atoms with E-state index in [1.54, 1.807) is 0 Å². The van der Waals surface area contributed by atoms with Crippen LogP contribution in [0.4, 0.5) is 0 Å². The molecule has 0 aliphatic carbocycles. The van der Waals surface area contributed by atoms with Crippen LogP contribution < -0.4 is 4.74 Å². The smallest absolute Gasteiger partial charge is 0.331 e. The number of carbonyl (C=O) groups is 3. The summed E-state index contributed by atoms with van der Waals surface area (Å²) in [4.78, 5) is 39.1. The molecule has 2 heterocycles. The number of benzene rings is 3. The molecular formula is C40H42O18. The molecule has 2 aliphatic rings. The number of carbonyl (C=O) groups excluding carboxylic acids is 3. The van der Waals surface area contributed by atoms with Crippen LogP contribution in [0.2, 0.25) is 0 Å². The van der Waals surface area contributed by atoms with Crippen molar-refractivity contribution >= 4 is 36.1 Å². The predicted molar refractivity (Wildman–Crippen MR) is 198 cm³/mol. The van der Waals surface area contributed by atoms with Gasteiger partial charge < -0.3 is 74.0 Å². The van der Waals surface area contributed by atoms with Gasteiger partial charge in [-0.25, -0.2) is 14.4 Å². The monoisotopic (exact) mass is 810 g/mol. The number of aliphatic hydroxyl groups excluding tert-OH is 5. The van der Waals surface area contributed by atoms with Crippen LogP contribution in [0.3, 0.4) is 0 Å². The third-order valence-corrected chi connectivity index (χ3v) is 8.91. The Labute approximate surface area is 330 Å². The summed E-state index contributed by atoms with van der Waals surface area (Å²) in [5, 5.41) is 82.1. The quantitative estimate of drug-likeness (QED) is 0.0590. The van der Waals surface area contributed by atoms with Crippen LogP contribution in [0.25, 0.3) is 18.2 Å². The highest BCUT2D eigenvalue weighted by molar-refractivity contribution is 5.88. The Morgan fingerprint density at radius 2 is 1.24 bits per heavy atom. The topological polar surface area (TPSA) is 278 Å². The first-order valence-electron chi connectivity index (χ1n) is 17.6. The molecule has 2 aliphatic heterocycles. The Morgan fingerprint density at radius 3 is 1.83 bits per heavy atom. The number of rotatable bonds is 15. The van der Waals surface area contributed by atoms with Crippen molar-refractivity contribution in [1.82, 2.24) is 0 Å². The highest BCUT2D eigenvalue weighted by atomic mass is 16.8. The molecule has 0 amide bonds. The van der Waals surface area contributed by atoms with Gasteiger partial charge in [0.2, 0.25) is 5.79 Å². The van der Waals surface area contributed by atoms with Gasteiger partial charge in [0.15, 0.2) is 23.9 Å². The SMILES string of the molecule is COc1cc(/C=C/C(=O)OC[C@H]2O[C@@](COC(=O)/C=C/c3ccc(O)cc3)(O[C@H]3O[C@H](CO)[C@@H](O)[C@H](O)[C@H]3O)[C@@H](OC(=O)/C=C/c3ccc(O)cc3)[C@@H]2O)ccc1O. The molecule has 0 bridgehead atoms. The minimum absolute atomic E-state index is 0.0169. The molecule has 310 valence electrons. The number of ether oxygens (including phenoxy) is 7. The fraction of sp³-hybridized carbons (Fsp3) is 0.325. The standard InChI is InChI=1S/C40H42O18/c1-52-28-18-24(6-14-27(28)44)9-16-31(45)53-20-30-35(49)38(56-33(47)17-8-23-4-12-26(43)13-5-23)40(57-30,58-39-37(51)36(50)34(48)29(19-41)55-39)21-54-32(46)15-7-22-2-10-25(42)11-3-22/h2-18,29-30,34-39,41-44,48-51H,19-21H2,1H3/b15-7+,16-9+,17-8+/t29-,30-,34-,35-,36+,37-,38+,39-,40+/m1/s1. The van der Waals surface area contributed by atoms with Crippen LogP contribution >= 0.6 is 0 Å². The number of hydrogen-bond donors (Lipinski definition) is 8. The Kier molecular flexibility index (Phi) is 14.6. The highest BCUT2D eigenvalue weighted by Crippen LogP contribution is 2.39. The van der Waals surface area contributed by atoms with E-state index in [0.717, 1.165) is 18.2 Å². The Balaban J connectivity index is 1.44. The Morgan fingerprint density at radius 1 is 0.690 bits per heavy atom. The van der Waals surface area contributed by atoms with E-state index in [1.165, 1.54) is 92.1 Å². The van der Waals surface area contributed by atoms with E-state index >= 15 is 0 Å². The molecule has 0 saturated carbocycles. The molecule has 0 aromatic heterocycles. The minimum Gasteiger partial charge on any atom is -0.508 e. The second-order valence-corrected chi connectivity index (χ2v) is 13.0. The van der Waals surface area contributed by atoms with Crippen molar-refractivity contribution in [3.63, 3.8) is 0 Å². The second kappa shape index (κ2) is 19.5. The maximum atomic E-state index is 13.3. The number of esters is 3. The fourth-order valence-corrected chi connectivity index (χ4v) is 5.80. The van der Waals surface area contributed by atoms with E-state index in [2.05, 4.69) is 0 Å². The van der Waals surface area contributed by atoms with Gasteiger partial charge in [-0.1, -0.05) is 30.3 Å². The molecule has 2 saturated heterocycles. The number of phenolic OH excluding ortho intramolecular Hbond substituents is 3. The van der Waals surface area contributed by atoms with Crippen molar-refractivity contribution in [3.8, 4) is 23.0 Å². The van der Waals surface area contributed by atoms with E-state index < -0.39 is 92.5 Å². The lowest BCUT2D eigenvalue weighted by Gasteiger charge is -2.43. The van der Waals surface area contributed by atoms with E-state index in [4.69, 9.17) is 33.2 Å². The summed E-state index contributed by atoms with van der Waals surface area (Å²) < 4.78 is 39.0. The van der Waals surface area contributed by atoms with Crippen molar-refractivity contribution in [2.45, 2.75) is 54.8 Å². The summed E-state index contributed by atoms with van der Waals surface area (Å²) in [6, 6.07) is 15.8. The lowest BCUT2D eigenvalue weighted by atomic mass is 9.99. The molecule has 8 N–H and O–H groups in total. The van der Waals surface area contributed by atoms with Crippen molar-refractivity contribution in [1.29, 1.82) is 0 Å². The third kappa shape index (κ3) is 11.0. The minimum atomic E-state index is -2.60. The highest BCUT2D eigenvalue weighted by Gasteiger charge is 2.62. The van der Waals surface area contributed by atoms with Gasteiger partial charge in [-0.05, 0) is 71.3 Å². The summed E-state index contributed by atoms with van der Waals surface area (Å²) in [6.45, 7) is -2.60. The normalized spacial score (nSPS) is 27.2. The summed E-state index contributed by atoms with van der Waals surface area (Å²) >= 11 is 0. The molecule has 0 radical (unpaired) electrons. The molecule has 3 aromatic rings. The molecule has 18 nitrogen and oxygen atoms in total. The zero-order valence-corrected chi connectivity index (χ0v) is 30.7. The van der Waals surface area contributed by atoms with Crippen molar-refractivity contribution in [2.75, 3.05) is 26.9 Å². The maximum Gasteiger partial charge on any atom is 0.331 e. The number of aliphatic hydroxyl groups is 5. The van der Waals surface area contributed by atoms with Gasteiger partial charge in [-0.15, -0.1) is 0 Å². The van der Waals surface area contributed by atoms with Gasteiger partial charge in [0, 0.05) is 18.2 Å². The van der Waals surface area contributed by atoms with E-state index in [0.29, 0.717) is 16.7 Å². The van der Waals surface area contributed by atoms with Gasteiger partial charge in [-0.3, -0.25) is 0 Å². The first-order chi connectivity index (χ1) is 27.7. The van der Waals surface area contributed by atoms with Gasteiger partial charge in [0.25, 0.3) is 0 Å². The molecule has 0 unspecified atom stereocenters. The number of aromatic hydroxyl groups is 3. The maximum absolute atomic E-state index is 13.3. The predicted octanol–water partition coefficient (Wildman–Crippen LogP) is 0.523. The zero-order chi connectivity index (χ0) is 42.0. The molecule has 58 heavy (non-hydrogen) atoms. The third-order valence-electron chi connectivity index (χ3n) is 8.91. The van der Waals surface area contributed by atoms with Crippen LogP contribution in [0, 0.1) is 0 Å². The Hall–Kier alpha value is -5.83. The number of methoxy groups -OCH3 is 1. The van der Waals surface area contributed by atoms with Crippen LogP contribution in [0.15, 0.2) is 85.0 Å². The fourth-order valence-electron chi connectivity index (χ4n) is 5.80. The van der Waals surface area contributed by atoms with Crippen LogP contribution in [-0.4, -0.2) is 140 Å². The molecule has 2 fully saturated rings. The van der Waals surface area contributed by atoms with Gasteiger partial charge in [-0.2, -0.15) is 0 Å². The average molecular weight is 811 g/mol. The first-order valence-corrected chi connectivity index (χ1v) is 17.6. The van der Waals surface area contributed by atoms with Gasteiger partial charge in [0.1, 0.15) is 61.3 Å². The second-order valence-electron chi connectivity index (χ2n) is 13.0. The lowest BCUT2D eigenvalue weighted by Crippen LogP contribution is -2.63. The first kappa shape index (κ1) is 43.3. The van der Waals surface area contributed by atoms with E-state index in [1.807, 2.05) is 0 Å². The van der Waals surface area contributed by atoms with Crippen LogP contribution in [-0.2, 0) is 42.8 Å². The van der Waals surface area contributed by atoms with Gasteiger partial charge >= 0.3 is 17.9 Å². The Bertz CT molecular complexity index is 1960. The summed E-state index contributed by atoms with van der Waals surface area (Å²) in [5.74, 6) is -5.71. The lowest BCUT2D eigenvalue weighted by molar-refractivity contribution is -0.383. The molecule has 0 spiro atoms. The van der Waals surface area contributed by atoms with E-state index in [9.17, 15) is 55.2 Å². The van der Waals surface area contributed by atoms with Crippen LogP contribution in [0.5, 0.6) is 23.0 Å². The summed E-state index contributed by atoms with van der Waals surface area (Å²) in [6.07, 6.45) is -7.79. The molecule has 18 heteroatoms. The number of hydrogen-bond acceptors (Lipinski definition) is 18. The number of phenols is 3. The zero-order valence-electron chi connectivity index (χ0n) is 30.7.